The molecule has 2 rings (SSSR count). The van der Waals surface area contributed by atoms with Crippen molar-refractivity contribution in [2.45, 2.75) is 19.4 Å². The van der Waals surface area contributed by atoms with Crippen LogP contribution in [-0.2, 0) is 11.2 Å². The lowest BCUT2D eigenvalue weighted by Gasteiger charge is -2.03. The Bertz CT molecular complexity index is 533. The number of rotatable bonds is 3. The van der Waals surface area contributed by atoms with E-state index in [2.05, 4.69) is 4.98 Å². The molecule has 0 fully saturated rings. The van der Waals surface area contributed by atoms with Gasteiger partial charge in [0.25, 0.3) is 0 Å². The van der Waals surface area contributed by atoms with Crippen molar-refractivity contribution in [3.63, 3.8) is 0 Å². The number of fused-ring (bicyclic) bond motifs is 1. The monoisotopic (exact) mass is 219 g/mol. The average Bonchev–Trinajstić information content (AvgIpc) is 2.57. The van der Waals surface area contributed by atoms with Crippen molar-refractivity contribution in [1.82, 2.24) is 9.38 Å². The molecule has 5 nitrogen and oxygen atoms in total. The lowest BCUT2D eigenvalue weighted by atomic mass is 10.1. The molecule has 2 aromatic heterocycles. The van der Waals surface area contributed by atoms with Crippen LogP contribution in [-0.4, -0.2) is 26.5 Å². The first-order valence-electron chi connectivity index (χ1n) is 5.00. The van der Waals surface area contributed by atoms with Crippen LogP contribution in [0, 0.1) is 6.92 Å². The van der Waals surface area contributed by atoms with Gasteiger partial charge in [0, 0.05) is 12.6 Å². The summed E-state index contributed by atoms with van der Waals surface area (Å²) >= 11 is 0. The molecule has 5 heteroatoms. The van der Waals surface area contributed by atoms with Crippen LogP contribution < -0.4 is 5.73 Å². The Hall–Kier alpha value is -1.88. The van der Waals surface area contributed by atoms with E-state index in [9.17, 15) is 4.79 Å². The first kappa shape index (κ1) is 10.6. The highest BCUT2D eigenvalue weighted by Gasteiger charge is 2.16. The van der Waals surface area contributed by atoms with Crippen molar-refractivity contribution in [1.29, 1.82) is 0 Å². The molecule has 3 N–H and O–H groups in total. The summed E-state index contributed by atoms with van der Waals surface area (Å²) in [6.45, 7) is 1.88. The Labute approximate surface area is 92.5 Å². The minimum atomic E-state index is -1.00. The SMILES string of the molecule is Cc1nc(CC(N)C(=O)O)c2ccccn12. The van der Waals surface area contributed by atoms with Gasteiger partial charge in [-0.15, -0.1) is 0 Å². The lowest BCUT2D eigenvalue weighted by Crippen LogP contribution is -2.32. The van der Waals surface area contributed by atoms with E-state index in [0.29, 0.717) is 0 Å². The van der Waals surface area contributed by atoms with Crippen LogP contribution in [0.3, 0.4) is 0 Å². The molecule has 0 saturated carbocycles. The quantitative estimate of drug-likeness (QED) is 0.792. The number of aryl methyl sites for hydroxylation is 1. The number of nitrogens with zero attached hydrogens (tertiary/aromatic N) is 2. The van der Waals surface area contributed by atoms with Gasteiger partial charge < -0.3 is 15.2 Å². The van der Waals surface area contributed by atoms with Gasteiger partial charge in [-0.1, -0.05) is 6.07 Å². The zero-order chi connectivity index (χ0) is 11.7. The number of hydrogen-bond acceptors (Lipinski definition) is 3. The summed E-state index contributed by atoms with van der Waals surface area (Å²) in [6.07, 6.45) is 2.14. The summed E-state index contributed by atoms with van der Waals surface area (Å²) in [5, 5.41) is 8.76. The third-order valence-electron chi connectivity index (χ3n) is 2.53. The number of carbonyl (C=O) groups is 1. The van der Waals surface area contributed by atoms with Gasteiger partial charge in [0.15, 0.2) is 0 Å². The summed E-state index contributed by atoms with van der Waals surface area (Å²) < 4.78 is 1.92. The van der Waals surface area contributed by atoms with Gasteiger partial charge in [-0.25, -0.2) is 4.98 Å². The smallest absolute Gasteiger partial charge is 0.320 e. The summed E-state index contributed by atoms with van der Waals surface area (Å²) in [7, 11) is 0. The maximum absolute atomic E-state index is 10.7. The van der Waals surface area contributed by atoms with Crippen molar-refractivity contribution >= 4 is 11.5 Å². The molecule has 1 unspecified atom stereocenters. The molecule has 0 saturated heterocycles. The molecule has 1 atom stereocenters. The molecule has 84 valence electrons. The van der Waals surface area contributed by atoms with Crippen LogP contribution in [0.4, 0.5) is 0 Å². The van der Waals surface area contributed by atoms with E-state index in [1.807, 2.05) is 35.7 Å². The summed E-state index contributed by atoms with van der Waals surface area (Å²) in [5.41, 5.74) is 7.14. The Morgan fingerprint density at radius 2 is 2.38 bits per heavy atom. The number of hydrogen-bond donors (Lipinski definition) is 2. The number of aliphatic carboxylic acids is 1. The Morgan fingerprint density at radius 1 is 1.62 bits per heavy atom. The number of carboxylic acid groups (broad SMARTS) is 1. The number of imidazole rings is 1. The average molecular weight is 219 g/mol. The Balaban J connectivity index is 2.42. The van der Waals surface area contributed by atoms with Crippen molar-refractivity contribution in [3.8, 4) is 0 Å². The second kappa shape index (κ2) is 3.94. The highest BCUT2D eigenvalue weighted by molar-refractivity contribution is 5.74. The highest BCUT2D eigenvalue weighted by Crippen LogP contribution is 2.13. The predicted molar refractivity (Wildman–Crippen MR) is 59.2 cm³/mol. The molecule has 0 aliphatic carbocycles. The molecule has 0 bridgehead atoms. The first-order chi connectivity index (χ1) is 7.59. The van der Waals surface area contributed by atoms with E-state index < -0.39 is 12.0 Å². The molecular weight excluding hydrogens is 206 g/mol. The van der Waals surface area contributed by atoms with Gasteiger partial charge in [-0.3, -0.25) is 4.79 Å². The van der Waals surface area contributed by atoms with Crippen molar-refractivity contribution in [2.75, 3.05) is 0 Å². The number of nitrogens with two attached hydrogens (primary N) is 1. The molecule has 2 heterocycles. The van der Waals surface area contributed by atoms with Gasteiger partial charge >= 0.3 is 5.97 Å². The molecule has 0 aliphatic rings. The van der Waals surface area contributed by atoms with Gasteiger partial charge in [0.2, 0.25) is 0 Å². The molecule has 0 aliphatic heterocycles. The van der Waals surface area contributed by atoms with Crippen LogP contribution in [0.5, 0.6) is 0 Å². The fourth-order valence-corrected chi connectivity index (χ4v) is 1.71. The lowest BCUT2D eigenvalue weighted by molar-refractivity contribution is -0.138. The second-order valence-corrected chi connectivity index (χ2v) is 3.71. The molecular formula is C11H13N3O2. The third kappa shape index (κ3) is 1.77. The van der Waals surface area contributed by atoms with E-state index >= 15 is 0 Å². The molecule has 0 radical (unpaired) electrons. The standard InChI is InChI=1S/C11H13N3O2/c1-7-13-9(6-8(12)11(15)16)10-4-2-3-5-14(7)10/h2-5,8H,6,12H2,1H3,(H,15,16). The molecule has 0 spiro atoms. The summed E-state index contributed by atoms with van der Waals surface area (Å²) in [6, 6.07) is 4.80. The molecule has 0 aromatic carbocycles. The number of aromatic nitrogens is 2. The van der Waals surface area contributed by atoms with E-state index in [0.717, 1.165) is 17.0 Å². The number of carboxylic acids is 1. The van der Waals surface area contributed by atoms with Crippen LogP contribution in [0.25, 0.3) is 5.52 Å². The second-order valence-electron chi connectivity index (χ2n) is 3.71. The minimum Gasteiger partial charge on any atom is -0.480 e. The van der Waals surface area contributed by atoms with Gasteiger partial charge in [0.1, 0.15) is 11.9 Å². The summed E-state index contributed by atoms with van der Waals surface area (Å²) in [5.74, 6) is -0.169. The third-order valence-corrected chi connectivity index (χ3v) is 2.53. The van der Waals surface area contributed by atoms with Gasteiger partial charge in [0.05, 0.1) is 11.2 Å². The van der Waals surface area contributed by atoms with Gasteiger partial charge in [-0.2, -0.15) is 0 Å². The summed E-state index contributed by atoms with van der Waals surface area (Å²) in [4.78, 5) is 15.0. The minimum absolute atomic E-state index is 0.247. The van der Waals surface area contributed by atoms with Crippen LogP contribution in [0.15, 0.2) is 24.4 Å². The van der Waals surface area contributed by atoms with Gasteiger partial charge in [-0.05, 0) is 19.1 Å². The highest BCUT2D eigenvalue weighted by atomic mass is 16.4. The van der Waals surface area contributed by atoms with E-state index in [1.54, 1.807) is 0 Å². The van der Waals surface area contributed by atoms with E-state index in [4.69, 9.17) is 10.8 Å². The molecule has 0 amide bonds. The van der Waals surface area contributed by atoms with Crippen LogP contribution in [0.1, 0.15) is 11.5 Å². The van der Waals surface area contributed by atoms with Crippen molar-refractivity contribution < 1.29 is 9.90 Å². The first-order valence-corrected chi connectivity index (χ1v) is 5.00. The Morgan fingerprint density at radius 3 is 3.06 bits per heavy atom. The van der Waals surface area contributed by atoms with Crippen LogP contribution >= 0.6 is 0 Å². The molecule has 16 heavy (non-hydrogen) atoms. The fourth-order valence-electron chi connectivity index (χ4n) is 1.71. The largest absolute Gasteiger partial charge is 0.480 e. The van der Waals surface area contributed by atoms with Crippen LogP contribution in [0.2, 0.25) is 0 Å². The zero-order valence-electron chi connectivity index (χ0n) is 8.92. The van der Waals surface area contributed by atoms with E-state index in [-0.39, 0.29) is 6.42 Å². The normalized spacial score (nSPS) is 12.9. The van der Waals surface area contributed by atoms with E-state index in [1.165, 1.54) is 0 Å². The maximum atomic E-state index is 10.7. The number of pyridine rings is 1. The Kier molecular flexibility index (Phi) is 2.62. The van der Waals surface area contributed by atoms with Crippen molar-refractivity contribution in [2.24, 2.45) is 5.73 Å². The fraction of sp³-hybridized carbons (Fsp3) is 0.273. The maximum Gasteiger partial charge on any atom is 0.320 e. The van der Waals surface area contributed by atoms with Crippen molar-refractivity contribution in [3.05, 3.63) is 35.9 Å². The zero-order valence-corrected chi connectivity index (χ0v) is 8.92. The topological polar surface area (TPSA) is 80.6 Å². The predicted octanol–water partition coefficient (Wildman–Crippen LogP) is 0.597. The molecule has 2 aromatic rings.